The van der Waals surface area contributed by atoms with E-state index in [0.717, 1.165) is 18.5 Å². The molecule has 24 heavy (non-hydrogen) atoms. The average molecular weight is 340 g/mol. The highest BCUT2D eigenvalue weighted by Crippen LogP contribution is 2.32. The Kier molecular flexibility index (Phi) is 3.86. The van der Waals surface area contributed by atoms with Crippen molar-refractivity contribution in [2.75, 3.05) is 5.32 Å². The molecule has 3 heterocycles. The lowest BCUT2D eigenvalue weighted by Crippen LogP contribution is -2.24. The van der Waals surface area contributed by atoms with Crippen LogP contribution in [0.1, 0.15) is 12.0 Å². The summed E-state index contributed by atoms with van der Waals surface area (Å²) >= 11 is 1.44. The Balaban J connectivity index is 1.55. The molecule has 0 fully saturated rings. The second kappa shape index (κ2) is 6.16. The van der Waals surface area contributed by atoms with Gasteiger partial charge in [-0.1, -0.05) is 30.0 Å². The van der Waals surface area contributed by atoms with Crippen LogP contribution in [0.4, 0.5) is 5.69 Å². The van der Waals surface area contributed by atoms with Crippen LogP contribution in [0.3, 0.4) is 0 Å². The molecule has 1 amide bonds. The third-order valence-corrected chi connectivity index (χ3v) is 5.37. The molecule has 2 aromatic heterocycles. The number of furan rings is 1. The topological polar surface area (TPSA) is 73.0 Å². The van der Waals surface area contributed by atoms with Crippen molar-refractivity contribution in [1.29, 1.82) is 0 Å². The first-order valence-corrected chi connectivity index (χ1v) is 8.59. The first kappa shape index (κ1) is 15.0. The molecule has 0 bridgehead atoms. The van der Waals surface area contributed by atoms with Crippen LogP contribution in [-0.2, 0) is 18.3 Å². The van der Waals surface area contributed by atoms with Gasteiger partial charge in [-0.2, -0.15) is 0 Å². The molecule has 0 radical (unpaired) electrons. The van der Waals surface area contributed by atoms with Gasteiger partial charge in [0.2, 0.25) is 5.91 Å². The summed E-state index contributed by atoms with van der Waals surface area (Å²) in [5.74, 6) is 1.32. The minimum absolute atomic E-state index is 0.00694. The van der Waals surface area contributed by atoms with Gasteiger partial charge in [-0.3, -0.25) is 4.79 Å². The van der Waals surface area contributed by atoms with Crippen LogP contribution < -0.4 is 5.32 Å². The number of aromatic nitrogens is 3. The SMILES string of the molecule is Cn1c(S[C@H]2CCc3ccccc3NC2=O)nnc1-c1ccco1. The van der Waals surface area contributed by atoms with Crippen molar-refractivity contribution in [3.05, 3.63) is 48.2 Å². The summed E-state index contributed by atoms with van der Waals surface area (Å²) in [7, 11) is 1.88. The zero-order chi connectivity index (χ0) is 16.5. The molecule has 7 heteroatoms. The van der Waals surface area contributed by atoms with Crippen LogP contribution in [0.15, 0.2) is 52.2 Å². The summed E-state index contributed by atoms with van der Waals surface area (Å²) in [5.41, 5.74) is 2.07. The molecule has 1 aliphatic rings. The molecule has 1 atom stereocenters. The van der Waals surface area contributed by atoms with Crippen LogP contribution in [0, 0.1) is 0 Å². The highest BCUT2D eigenvalue weighted by molar-refractivity contribution is 8.00. The molecule has 0 aliphatic carbocycles. The summed E-state index contributed by atoms with van der Waals surface area (Å²) in [6.45, 7) is 0. The molecule has 1 aliphatic heterocycles. The number of nitrogens with zero attached hydrogens (tertiary/aromatic N) is 3. The van der Waals surface area contributed by atoms with Crippen molar-refractivity contribution in [2.45, 2.75) is 23.2 Å². The molecule has 1 aromatic carbocycles. The van der Waals surface area contributed by atoms with Gasteiger partial charge in [0.1, 0.15) is 0 Å². The predicted molar refractivity (Wildman–Crippen MR) is 91.7 cm³/mol. The zero-order valence-electron chi connectivity index (χ0n) is 13.1. The van der Waals surface area contributed by atoms with Gasteiger partial charge in [-0.05, 0) is 36.6 Å². The molecule has 122 valence electrons. The van der Waals surface area contributed by atoms with Crippen molar-refractivity contribution >= 4 is 23.4 Å². The van der Waals surface area contributed by atoms with Gasteiger partial charge in [-0.15, -0.1) is 10.2 Å². The van der Waals surface area contributed by atoms with Crippen molar-refractivity contribution in [3.63, 3.8) is 0 Å². The van der Waals surface area contributed by atoms with Gasteiger partial charge in [-0.25, -0.2) is 0 Å². The third-order valence-electron chi connectivity index (χ3n) is 4.07. The van der Waals surface area contributed by atoms with Crippen molar-refractivity contribution in [1.82, 2.24) is 14.8 Å². The molecule has 0 spiro atoms. The van der Waals surface area contributed by atoms with E-state index in [1.807, 2.05) is 41.9 Å². The van der Waals surface area contributed by atoms with E-state index in [-0.39, 0.29) is 11.2 Å². The van der Waals surface area contributed by atoms with E-state index in [2.05, 4.69) is 21.6 Å². The minimum Gasteiger partial charge on any atom is -0.461 e. The fourth-order valence-corrected chi connectivity index (χ4v) is 3.76. The number of thioether (sulfide) groups is 1. The van der Waals surface area contributed by atoms with E-state index in [1.54, 1.807) is 6.26 Å². The number of carbonyl (C=O) groups is 1. The maximum absolute atomic E-state index is 12.5. The smallest absolute Gasteiger partial charge is 0.237 e. The normalized spacial score (nSPS) is 17.2. The van der Waals surface area contributed by atoms with E-state index < -0.39 is 0 Å². The lowest BCUT2D eigenvalue weighted by molar-refractivity contribution is -0.115. The van der Waals surface area contributed by atoms with Gasteiger partial charge in [0.25, 0.3) is 0 Å². The summed E-state index contributed by atoms with van der Waals surface area (Å²) in [6, 6.07) is 11.6. The van der Waals surface area contributed by atoms with E-state index in [9.17, 15) is 4.79 Å². The van der Waals surface area contributed by atoms with Crippen LogP contribution in [0.25, 0.3) is 11.6 Å². The summed E-state index contributed by atoms with van der Waals surface area (Å²) in [5, 5.41) is 11.9. The van der Waals surface area contributed by atoms with Gasteiger partial charge in [0.05, 0.1) is 11.5 Å². The highest BCUT2D eigenvalue weighted by atomic mass is 32.2. The quantitative estimate of drug-likeness (QED) is 0.793. The van der Waals surface area contributed by atoms with Gasteiger partial charge < -0.3 is 14.3 Å². The first-order valence-electron chi connectivity index (χ1n) is 7.71. The Bertz CT molecular complexity index is 873. The second-order valence-corrected chi connectivity index (χ2v) is 6.80. The zero-order valence-corrected chi connectivity index (χ0v) is 13.9. The standard InChI is InChI=1S/C17H16N4O2S/c1-21-15(13-7-4-10-23-13)19-20-17(21)24-14-9-8-11-5-2-3-6-12(11)18-16(14)22/h2-7,10,14H,8-9H2,1H3,(H,18,22)/t14-/m0/s1. The number of rotatable bonds is 3. The molecular weight excluding hydrogens is 324 g/mol. The minimum atomic E-state index is -0.204. The summed E-state index contributed by atoms with van der Waals surface area (Å²) in [4.78, 5) is 12.5. The number of aryl methyl sites for hydroxylation is 1. The van der Waals surface area contributed by atoms with E-state index in [4.69, 9.17) is 4.42 Å². The lowest BCUT2D eigenvalue weighted by Gasteiger charge is -2.12. The van der Waals surface area contributed by atoms with Crippen LogP contribution in [-0.4, -0.2) is 25.9 Å². The van der Waals surface area contributed by atoms with E-state index >= 15 is 0 Å². The number of hydrogen-bond acceptors (Lipinski definition) is 5. The lowest BCUT2D eigenvalue weighted by atomic mass is 10.1. The van der Waals surface area contributed by atoms with Gasteiger partial charge >= 0.3 is 0 Å². The summed E-state index contributed by atoms with van der Waals surface area (Å²) < 4.78 is 7.23. The fourth-order valence-electron chi connectivity index (χ4n) is 2.77. The molecule has 0 saturated heterocycles. The van der Waals surface area contributed by atoms with Crippen molar-refractivity contribution in [3.8, 4) is 11.6 Å². The van der Waals surface area contributed by atoms with Crippen LogP contribution in [0.2, 0.25) is 0 Å². The number of para-hydroxylation sites is 1. The monoisotopic (exact) mass is 340 g/mol. The number of hydrogen-bond donors (Lipinski definition) is 1. The highest BCUT2D eigenvalue weighted by Gasteiger charge is 2.27. The Labute approximate surface area is 143 Å². The van der Waals surface area contributed by atoms with Crippen molar-refractivity contribution < 1.29 is 9.21 Å². The number of nitrogens with one attached hydrogen (secondary N) is 1. The Morgan fingerprint density at radius 2 is 2.12 bits per heavy atom. The van der Waals surface area contributed by atoms with E-state index in [0.29, 0.717) is 16.7 Å². The molecule has 6 nitrogen and oxygen atoms in total. The molecule has 1 N–H and O–H groups in total. The predicted octanol–water partition coefficient (Wildman–Crippen LogP) is 3.12. The molecule has 3 aromatic rings. The van der Waals surface area contributed by atoms with Crippen LogP contribution >= 0.6 is 11.8 Å². The maximum atomic E-state index is 12.5. The number of fused-ring (bicyclic) bond motifs is 1. The Hall–Kier alpha value is -2.54. The number of benzene rings is 1. The van der Waals surface area contributed by atoms with Gasteiger partial charge in [0, 0.05) is 12.7 Å². The molecule has 0 unspecified atom stereocenters. The largest absolute Gasteiger partial charge is 0.461 e. The van der Waals surface area contributed by atoms with E-state index in [1.165, 1.54) is 17.3 Å². The second-order valence-electron chi connectivity index (χ2n) is 5.63. The van der Waals surface area contributed by atoms with Crippen molar-refractivity contribution in [2.24, 2.45) is 7.05 Å². The Morgan fingerprint density at radius 3 is 2.96 bits per heavy atom. The fraction of sp³-hybridized carbons (Fsp3) is 0.235. The Morgan fingerprint density at radius 1 is 1.25 bits per heavy atom. The first-order chi connectivity index (χ1) is 11.7. The number of amides is 1. The number of anilines is 1. The number of carbonyl (C=O) groups excluding carboxylic acids is 1. The average Bonchev–Trinajstić information content (AvgIpc) is 3.19. The van der Waals surface area contributed by atoms with Gasteiger partial charge in [0.15, 0.2) is 16.7 Å². The molecule has 0 saturated carbocycles. The van der Waals surface area contributed by atoms with Crippen LogP contribution in [0.5, 0.6) is 0 Å². The summed E-state index contributed by atoms with van der Waals surface area (Å²) in [6.07, 6.45) is 3.22. The molecular formula is C17H16N4O2S. The third kappa shape index (κ3) is 2.71. The maximum Gasteiger partial charge on any atom is 0.237 e. The molecule has 4 rings (SSSR count).